The summed E-state index contributed by atoms with van der Waals surface area (Å²) >= 11 is 0. The van der Waals surface area contributed by atoms with Crippen molar-refractivity contribution >= 4 is 28.9 Å². The molecular weight excluding hydrogens is 404 g/mol. The van der Waals surface area contributed by atoms with Gasteiger partial charge in [-0.3, -0.25) is 14.2 Å². The Balaban J connectivity index is 1.99. The van der Waals surface area contributed by atoms with E-state index in [1.807, 2.05) is 34.9 Å². The third kappa shape index (κ3) is 3.97. The van der Waals surface area contributed by atoms with Crippen LogP contribution in [-0.4, -0.2) is 33.8 Å². The van der Waals surface area contributed by atoms with Crippen molar-refractivity contribution in [2.75, 3.05) is 12.4 Å². The molecule has 7 heteroatoms. The van der Waals surface area contributed by atoms with Crippen molar-refractivity contribution in [2.24, 2.45) is 0 Å². The van der Waals surface area contributed by atoms with Crippen LogP contribution in [0.15, 0.2) is 54.6 Å². The van der Waals surface area contributed by atoms with Gasteiger partial charge in [-0.25, -0.2) is 9.97 Å². The summed E-state index contributed by atoms with van der Waals surface area (Å²) < 4.78 is 7.32. The number of anilines is 1. The first-order chi connectivity index (χ1) is 15.5. The molecule has 0 aliphatic heterocycles. The molecule has 2 aromatic heterocycles. The predicted molar refractivity (Wildman–Crippen MR) is 125 cm³/mol. The van der Waals surface area contributed by atoms with Gasteiger partial charge in [-0.1, -0.05) is 19.4 Å². The fourth-order valence-corrected chi connectivity index (χ4v) is 3.79. The number of carbonyl (C=O) groups excluding carboxylic acids is 2. The molecule has 7 nitrogen and oxygen atoms in total. The van der Waals surface area contributed by atoms with Crippen molar-refractivity contribution < 1.29 is 14.3 Å². The number of ether oxygens (including phenoxy) is 1. The minimum atomic E-state index is -0.0166. The zero-order valence-corrected chi connectivity index (χ0v) is 18.3. The first-order valence-electron chi connectivity index (χ1n) is 10.4. The standard InChI is InChI=1S/C25H24N4O3/c1-4-6-18-13-19(10-11-20(18)26-15-30)29-23-12-9-17(16(2)31)14-22(23)28-25(29)21-7-5-8-24(27-21)32-3/h5,7-15H,4,6H2,1-3H3,(H,26,30). The summed E-state index contributed by atoms with van der Waals surface area (Å²) in [6.07, 6.45) is 2.45. The van der Waals surface area contributed by atoms with Gasteiger partial charge < -0.3 is 10.1 Å². The van der Waals surface area contributed by atoms with Crippen molar-refractivity contribution in [3.8, 4) is 23.1 Å². The molecule has 4 rings (SSSR count). The highest BCUT2D eigenvalue weighted by Crippen LogP contribution is 2.31. The summed E-state index contributed by atoms with van der Waals surface area (Å²) in [6, 6.07) is 16.9. The molecule has 0 saturated carbocycles. The lowest BCUT2D eigenvalue weighted by atomic mass is 10.1. The second-order valence-corrected chi connectivity index (χ2v) is 7.45. The summed E-state index contributed by atoms with van der Waals surface area (Å²) in [5.74, 6) is 1.11. The Hall–Kier alpha value is -4.00. The van der Waals surface area contributed by atoms with Gasteiger partial charge in [0.15, 0.2) is 11.6 Å². The van der Waals surface area contributed by atoms with Crippen molar-refractivity contribution in [3.63, 3.8) is 0 Å². The molecule has 0 radical (unpaired) electrons. The highest BCUT2D eigenvalue weighted by molar-refractivity contribution is 5.98. The summed E-state index contributed by atoms with van der Waals surface area (Å²) in [4.78, 5) is 32.4. The van der Waals surface area contributed by atoms with Gasteiger partial charge in [0, 0.05) is 23.0 Å². The topological polar surface area (TPSA) is 86.1 Å². The van der Waals surface area contributed by atoms with Crippen LogP contribution in [0.4, 0.5) is 5.69 Å². The molecule has 0 aliphatic rings. The Morgan fingerprint density at radius 3 is 2.69 bits per heavy atom. The van der Waals surface area contributed by atoms with E-state index in [1.54, 1.807) is 32.2 Å². The lowest BCUT2D eigenvalue weighted by Crippen LogP contribution is -2.04. The Labute approximate surface area is 186 Å². The van der Waals surface area contributed by atoms with Crippen LogP contribution >= 0.6 is 0 Å². The summed E-state index contributed by atoms with van der Waals surface area (Å²) in [7, 11) is 1.57. The largest absolute Gasteiger partial charge is 0.481 e. The van der Waals surface area contributed by atoms with Crippen LogP contribution < -0.4 is 10.1 Å². The normalized spacial score (nSPS) is 10.8. The molecule has 0 unspecified atom stereocenters. The number of benzene rings is 2. The lowest BCUT2D eigenvalue weighted by molar-refractivity contribution is -0.105. The Kier molecular flexibility index (Phi) is 5.98. The van der Waals surface area contributed by atoms with E-state index in [0.29, 0.717) is 34.9 Å². The molecule has 0 fully saturated rings. The number of hydrogen-bond acceptors (Lipinski definition) is 5. The number of pyridine rings is 1. The van der Waals surface area contributed by atoms with Gasteiger partial charge >= 0.3 is 0 Å². The Bertz CT molecular complexity index is 1310. The average molecular weight is 428 g/mol. The van der Waals surface area contributed by atoms with Crippen molar-refractivity contribution in [3.05, 3.63) is 65.7 Å². The highest BCUT2D eigenvalue weighted by Gasteiger charge is 2.18. The average Bonchev–Trinajstić information content (AvgIpc) is 3.19. The zero-order valence-electron chi connectivity index (χ0n) is 18.3. The summed E-state index contributed by atoms with van der Waals surface area (Å²) in [6.45, 7) is 3.64. The van der Waals surface area contributed by atoms with E-state index < -0.39 is 0 Å². The van der Waals surface area contributed by atoms with Crippen molar-refractivity contribution in [1.29, 1.82) is 0 Å². The number of Topliss-reactive ketones (excluding diaryl/α,β-unsaturated/α-hetero) is 1. The number of nitrogens with zero attached hydrogens (tertiary/aromatic N) is 3. The number of hydrogen-bond donors (Lipinski definition) is 1. The molecule has 32 heavy (non-hydrogen) atoms. The fourth-order valence-electron chi connectivity index (χ4n) is 3.79. The molecule has 1 N–H and O–H groups in total. The SMILES string of the molecule is CCCc1cc(-n2c(-c3cccc(OC)n3)nc3cc(C(C)=O)ccc32)ccc1NC=O. The minimum absolute atomic E-state index is 0.0166. The van der Waals surface area contributed by atoms with Gasteiger partial charge in [0.1, 0.15) is 5.69 Å². The van der Waals surface area contributed by atoms with Crippen LogP contribution in [0.2, 0.25) is 0 Å². The van der Waals surface area contributed by atoms with Crippen molar-refractivity contribution in [1.82, 2.24) is 14.5 Å². The van der Waals surface area contributed by atoms with Crippen LogP contribution in [0.25, 0.3) is 28.2 Å². The second-order valence-electron chi connectivity index (χ2n) is 7.45. The first kappa shape index (κ1) is 21.2. The number of fused-ring (bicyclic) bond motifs is 1. The van der Waals surface area contributed by atoms with Crippen LogP contribution in [-0.2, 0) is 11.2 Å². The number of aryl methyl sites for hydroxylation is 1. The number of amides is 1. The molecule has 1 amide bonds. The molecule has 2 aromatic carbocycles. The quantitative estimate of drug-likeness (QED) is 0.321. The highest BCUT2D eigenvalue weighted by atomic mass is 16.5. The third-order valence-electron chi connectivity index (χ3n) is 5.30. The number of imidazole rings is 1. The molecule has 2 heterocycles. The van der Waals surface area contributed by atoms with Gasteiger partial charge in [-0.15, -0.1) is 0 Å². The number of rotatable bonds is 8. The molecule has 0 atom stereocenters. The summed E-state index contributed by atoms with van der Waals surface area (Å²) in [5.41, 5.74) is 5.51. The predicted octanol–water partition coefficient (Wildman–Crippen LogP) is 4.82. The Morgan fingerprint density at radius 1 is 1.12 bits per heavy atom. The van der Waals surface area contributed by atoms with E-state index >= 15 is 0 Å². The monoisotopic (exact) mass is 428 g/mol. The lowest BCUT2D eigenvalue weighted by Gasteiger charge is -2.14. The molecule has 0 aliphatic carbocycles. The van der Waals surface area contributed by atoms with Crippen LogP contribution in [0.1, 0.15) is 36.2 Å². The van der Waals surface area contributed by atoms with Crippen LogP contribution in [0.3, 0.4) is 0 Å². The maximum Gasteiger partial charge on any atom is 0.213 e. The van der Waals surface area contributed by atoms with E-state index in [2.05, 4.69) is 23.3 Å². The second kappa shape index (κ2) is 9.01. The third-order valence-corrected chi connectivity index (χ3v) is 5.30. The van der Waals surface area contributed by atoms with Gasteiger partial charge in [-0.2, -0.15) is 0 Å². The van der Waals surface area contributed by atoms with E-state index in [4.69, 9.17) is 9.72 Å². The maximum atomic E-state index is 11.9. The van der Waals surface area contributed by atoms with Crippen LogP contribution in [0.5, 0.6) is 5.88 Å². The number of ketones is 1. The number of carbonyl (C=O) groups is 2. The Morgan fingerprint density at radius 2 is 1.97 bits per heavy atom. The van der Waals surface area contributed by atoms with Crippen LogP contribution in [0, 0.1) is 0 Å². The molecule has 0 saturated heterocycles. The van der Waals surface area contributed by atoms with Gasteiger partial charge in [-0.05, 0) is 61.4 Å². The molecule has 162 valence electrons. The van der Waals surface area contributed by atoms with Crippen molar-refractivity contribution in [2.45, 2.75) is 26.7 Å². The smallest absolute Gasteiger partial charge is 0.213 e. The fraction of sp³-hybridized carbons (Fsp3) is 0.200. The number of nitrogens with one attached hydrogen (secondary N) is 1. The summed E-state index contributed by atoms with van der Waals surface area (Å²) in [5, 5.41) is 2.78. The molecule has 4 aromatic rings. The van der Waals surface area contributed by atoms with E-state index in [0.717, 1.165) is 35.3 Å². The molecular formula is C25H24N4O3. The van der Waals surface area contributed by atoms with Gasteiger partial charge in [0.05, 0.1) is 18.1 Å². The minimum Gasteiger partial charge on any atom is -0.481 e. The number of aromatic nitrogens is 3. The van der Waals surface area contributed by atoms with Gasteiger partial charge in [0.2, 0.25) is 12.3 Å². The van der Waals surface area contributed by atoms with E-state index in [1.165, 1.54) is 0 Å². The maximum absolute atomic E-state index is 11.9. The number of methoxy groups -OCH3 is 1. The molecule has 0 bridgehead atoms. The molecule has 0 spiro atoms. The zero-order chi connectivity index (χ0) is 22.7. The first-order valence-corrected chi connectivity index (χ1v) is 10.4. The van der Waals surface area contributed by atoms with E-state index in [-0.39, 0.29) is 5.78 Å². The van der Waals surface area contributed by atoms with E-state index in [9.17, 15) is 9.59 Å². The van der Waals surface area contributed by atoms with Gasteiger partial charge in [0.25, 0.3) is 0 Å².